The summed E-state index contributed by atoms with van der Waals surface area (Å²) in [6, 6.07) is 7.48. The SMILES string of the molecule is Clc1ccccc1-c1noc(CSc2ncnc3sc4c(c23)CCC4)n1. The first-order valence-corrected chi connectivity index (χ1v) is 10.4. The molecule has 0 atom stereocenters. The molecule has 0 fully saturated rings. The lowest BCUT2D eigenvalue weighted by atomic mass is 10.2. The van der Waals surface area contributed by atoms with Gasteiger partial charge in [0.1, 0.15) is 16.2 Å². The van der Waals surface area contributed by atoms with Crippen LogP contribution in [-0.2, 0) is 18.6 Å². The lowest BCUT2D eigenvalue weighted by Crippen LogP contribution is -1.89. The molecule has 0 bridgehead atoms. The summed E-state index contributed by atoms with van der Waals surface area (Å²) in [6.07, 6.45) is 5.14. The van der Waals surface area contributed by atoms with Gasteiger partial charge >= 0.3 is 0 Å². The molecule has 0 amide bonds. The zero-order valence-electron chi connectivity index (χ0n) is 13.6. The standard InChI is InChI=1S/C18H13ClN4OS2/c19-12-6-2-1-4-10(12)16-22-14(24-23-16)8-25-17-15-11-5-3-7-13(11)26-18(15)21-9-20-17/h1-2,4,6,9H,3,5,7-8H2. The Morgan fingerprint density at radius 2 is 2.12 bits per heavy atom. The number of fused-ring (bicyclic) bond motifs is 3. The second-order valence-corrected chi connectivity index (χ2v) is 8.45. The van der Waals surface area contributed by atoms with Crippen LogP contribution in [0, 0.1) is 0 Å². The fraction of sp³-hybridized carbons (Fsp3) is 0.222. The van der Waals surface area contributed by atoms with Gasteiger partial charge in [-0.1, -0.05) is 40.7 Å². The van der Waals surface area contributed by atoms with Crippen LogP contribution in [0.3, 0.4) is 0 Å². The molecule has 0 unspecified atom stereocenters. The largest absolute Gasteiger partial charge is 0.338 e. The zero-order chi connectivity index (χ0) is 17.5. The molecule has 0 radical (unpaired) electrons. The highest BCUT2D eigenvalue weighted by Crippen LogP contribution is 2.40. The number of hydrogen-bond acceptors (Lipinski definition) is 7. The number of hydrogen-bond donors (Lipinski definition) is 0. The van der Waals surface area contributed by atoms with Crippen LogP contribution >= 0.6 is 34.7 Å². The second-order valence-electron chi connectivity index (χ2n) is 6.00. The summed E-state index contributed by atoms with van der Waals surface area (Å²) in [6.45, 7) is 0. The molecule has 0 saturated heterocycles. The van der Waals surface area contributed by atoms with E-state index in [2.05, 4.69) is 20.1 Å². The molecule has 5 rings (SSSR count). The number of nitrogens with zero attached hydrogens (tertiary/aromatic N) is 4. The number of thioether (sulfide) groups is 1. The minimum absolute atomic E-state index is 0.510. The number of benzene rings is 1. The van der Waals surface area contributed by atoms with E-state index in [1.54, 1.807) is 29.4 Å². The van der Waals surface area contributed by atoms with Crippen LogP contribution in [0.2, 0.25) is 5.02 Å². The summed E-state index contributed by atoms with van der Waals surface area (Å²) in [7, 11) is 0. The van der Waals surface area contributed by atoms with Gasteiger partial charge in [0.05, 0.1) is 10.8 Å². The van der Waals surface area contributed by atoms with E-state index in [1.807, 2.05) is 24.3 Å². The molecule has 0 N–H and O–H groups in total. The first kappa shape index (κ1) is 16.2. The maximum Gasteiger partial charge on any atom is 0.237 e. The summed E-state index contributed by atoms with van der Waals surface area (Å²) >= 11 is 9.61. The number of rotatable bonds is 4. The molecule has 5 nitrogen and oxygen atoms in total. The minimum Gasteiger partial charge on any atom is -0.338 e. The van der Waals surface area contributed by atoms with E-state index in [1.165, 1.54) is 22.2 Å². The quantitative estimate of drug-likeness (QED) is 0.347. The third-order valence-electron chi connectivity index (χ3n) is 4.38. The molecule has 0 spiro atoms. The summed E-state index contributed by atoms with van der Waals surface area (Å²) in [5.74, 6) is 1.63. The van der Waals surface area contributed by atoms with Gasteiger partial charge in [0.25, 0.3) is 0 Å². The molecule has 0 saturated carbocycles. The van der Waals surface area contributed by atoms with Gasteiger partial charge in [0.2, 0.25) is 11.7 Å². The van der Waals surface area contributed by atoms with Gasteiger partial charge in [-0.2, -0.15) is 4.98 Å². The van der Waals surface area contributed by atoms with Crippen LogP contribution in [0.25, 0.3) is 21.6 Å². The molecular weight excluding hydrogens is 388 g/mol. The van der Waals surface area contributed by atoms with Crippen LogP contribution in [0.1, 0.15) is 22.8 Å². The highest BCUT2D eigenvalue weighted by Gasteiger charge is 2.21. The molecule has 1 aromatic carbocycles. The van der Waals surface area contributed by atoms with Gasteiger partial charge in [-0.05, 0) is 37.0 Å². The summed E-state index contributed by atoms with van der Waals surface area (Å²) in [4.78, 5) is 16.0. The van der Waals surface area contributed by atoms with Gasteiger partial charge in [-0.3, -0.25) is 0 Å². The normalized spacial score (nSPS) is 13.4. The van der Waals surface area contributed by atoms with E-state index in [-0.39, 0.29) is 0 Å². The van der Waals surface area contributed by atoms with Gasteiger partial charge < -0.3 is 4.52 Å². The molecule has 26 heavy (non-hydrogen) atoms. The van der Waals surface area contributed by atoms with Crippen molar-refractivity contribution in [1.29, 1.82) is 0 Å². The topological polar surface area (TPSA) is 64.7 Å². The van der Waals surface area contributed by atoms with Gasteiger partial charge in [-0.25, -0.2) is 9.97 Å². The first-order chi connectivity index (χ1) is 12.8. The van der Waals surface area contributed by atoms with Crippen molar-refractivity contribution in [3.8, 4) is 11.4 Å². The number of thiophene rings is 1. The lowest BCUT2D eigenvalue weighted by molar-refractivity contribution is 0.391. The molecule has 1 aliphatic rings. The highest BCUT2D eigenvalue weighted by molar-refractivity contribution is 7.98. The van der Waals surface area contributed by atoms with Crippen LogP contribution in [0.5, 0.6) is 0 Å². The van der Waals surface area contributed by atoms with Crippen LogP contribution in [0.4, 0.5) is 0 Å². The van der Waals surface area contributed by atoms with Crippen LogP contribution in [0.15, 0.2) is 40.1 Å². The summed E-state index contributed by atoms with van der Waals surface area (Å²) < 4.78 is 5.40. The van der Waals surface area contributed by atoms with E-state index in [9.17, 15) is 0 Å². The van der Waals surface area contributed by atoms with E-state index >= 15 is 0 Å². The monoisotopic (exact) mass is 400 g/mol. The van der Waals surface area contributed by atoms with E-state index in [4.69, 9.17) is 16.1 Å². The Morgan fingerprint density at radius 1 is 1.19 bits per heavy atom. The maximum atomic E-state index is 6.21. The first-order valence-electron chi connectivity index (χ1n) is 8.25. The highest BCUT2D eigenvalue weighted by atomic mass is 35.5. The molecular formula is C18H13ClN4OS2. The van der Waals surface area contributed by atoms with E-state index in [0.717, 1.165) is 28.3 Å². The predicted octanol–water partition coefficient (Wildman–Crippen LogP) is 5.18. The molecule has 3 aromatic heterocycles. The molecule has 0 aliphatic heterocycles. The van der Waals surface area contributed by atoms with Crippen LogP contribution in [-0.4, -0.2) is 20.1 Å². The Morgan fingerprint density at radius 3 is 3.04 bits per heavy atom. The van der Waals surface area contributed by atoms with Crippen LogP contribution < -0.4 is 0 Å². The van der Waals surface area contributed by atoms with Crippen molar-refractivity contribution in [2.75, 3.05) is 0 Å². The maximum absolute atomic E-state index is 6.21. The fourth-order valence-electron chi connectivity index (χ4n) is 3.20. The second kappa shape index (κ2) is 6.64. The van der Waals surface area contributed by atoms with E-state index in [0.29, 0.717) is 22.5 Å². The number of aryl methyl sites for hydroxylation is 2. The van der Waals surface area contributed by atoms with Crippen molar-refractivity contribution in [2.24, 2.45) is 0 Å². The Hall–Kier alpha value is -1.96. The molecule has 3 heterocycles. The Balaban J connectivity index is 1.41. The van der Waals surface area contributed by atoms with Crippen molar-refractivity contribution >= 4 is 44.9 Å². The van der Waals surface area contributed by atoms with E-state index < -0.39 is 0 Å². The average molecular weight is 401 g/mol. The Kier molecular flexibility index (Phi) is 4.15. The van der Waals surface area contributed by atoms with Crippen molar-refractivity contribution in [3.05, 3.63) is 51.9 Å². The number of aromatic nitrogens is 4. The zero-order valence-corrected chi connectivity index (χ0v) is 16.0. The van der Waals surface area contributed by atoms with Crippen molar-refractivity contribution < 1.29 is 4.52 Å². The van der Waals surface area contributed by atoms with Gasteiger partial charge in [-0.15, -0.1) is 11.3 Å². The average Bonchev–Trinajstić information content (AvgIpc) is 3.36. The Bertz CT molecular complexity index is 1110. The molecule has 8 heteroatoms. The van der Waals surface area contributed by atoms with Crippen molar-refractivity contribution in [1.82, 2.24) is 20.1 Å². The predicted molar refractivity (Wildman–Crippen MR) is 104 cm³/mol. The van der Waals surface area contributed by atoms with Crippen molar-refractivity contribution in [3.63, 3.8) is 0 Å². The lowest BCUT2D eigenvalue weighted by Gasteiger charge is -2.01. The molecule has 130 valence electrons. The van der Waals surface area contributed by atoms with Gasteiger partial charge in [0, 0.05) is 15.8 Å². The Labute approximate surface area is 162 Å². The summed E-state index contributed by atoms with van der Waals surface area (Å²) in [5, 5.41) is 6.87. The smallest absolute Gasteiger partial charge is 0.237 e. The molecule has 1 aliphatic carbocycles. The minimum atomic E-state index is 0.510. The number of halogens is 1. The van der Waals surface area contributed by atoms with Gasteiger partial charge in [0.15, 0.2) is 0 Å². The third-order valence-corrected chi connectivity index (χ3v) is 6.89. The molecule has 4 aromatic rings. The van der Waals surface area contributed by atoms with Crippen molar-refractivity contribution in [2.45, 2.75) is 30.0 Å². The summed E-state index contributed by atoms with van der Waals surface area (Å²) in [5.41, 5.74) is 2.20. The fourth-order valence-corrected chi connectivity index (χ4v) is 5.58. The third kappa shape index (κ3) is 2.80.